The number of hydrogen-bond donors (Lipinski definition) is 1. The van der Waals surface area contributed by atoms with Gasteiger partial charge in [-0.1, -0.05) is 23.2 Å². The van der Waals surface area contributed by atoms with Gasteiger partial charge < -0.3 is 19.7 Å². The first-order valence-corrected chi connectivity index (χ1v) is 8.28. The number of methoxy groups -OCH3 is 2. The summed E-state index contributed by atoms with van der Waals surface area (Å²) in [5.74, 6) is 0.0245. The van der Waals surface area contributed by atoms with Gasteiger partial charge >= 0.3 is 0 Å². The van der Waals surface area contributed by atoms with E-state index in [4.69, 9.17) is 32.7 Å². The maximum Gasteiger partial charge on any atom is 0.255 e. The number of nitrogens with zero attached hydrogens (tertiary/aromatic N) is 1. The molecule has 0 fully saturated rings. The second-order valence-electron chi connectivity index (χ2n) is 5.54. The highest BCUT2D eigenvalue weighted by Crippen LogP contribution is 2.34. The van der Waals surface area contributed by atoms with Crippen molar-refractivity contribution in [3.05, 3.63) is 51.5 Å². The molecule has 138 valence electrons. The lowest BCUT2D eigenvalue weighted by Gasteiger charge is -2.18. The van der Waals surface area contributed by atoms with Gasteiger partial charge in [-0.05, 0) is 24.3 Å². The Hall–Kier alpha value is -2.44. The van der Waals surface area contributed by atoms with Gasteiger partial charge in [0.05, 0.1) is 35.5 Å². The molecular weight excluding hydrogens is 379 g/mol. The van der Waals surface area contributed by atoms with Crippen molar-refractivity contribution in [3.63, 3.8) is 0 Å². The normalized spacial score (nSPS) is 10.2. The molecule has 0 aliphatic heterocycles. The minimum atomic E-state index is -0.441. The molecular formula is C18H18Cl2N2O4. The summed E-state index contributed by atoms with van der Waals surface area (Å²) in [7, 11) is 6.17. The first kappa shape index (κ1) is 19.9. The average molecular weight is 397 g/mol. The summed E-state index contributed by atoms with van der Waals surface area (Å²) < 4.78 is 10.5. The molecule has 2 amide bonds. The topological polar surface area (TPSA) is 67.9 Å². The van der Waals surface area contributed by atoms with Crippen molar-refractivity contribution in [3.8, 4) is 11.5 Å². The van der Waals surface area contributed by atoms with E-state index in [-0.39, 0.29) is 22.2 Å². The number of anilines is 1. The summed E-state index contributed by atoms with van der Waals surface area (Å²) in [6.07, 6.45) is 0. The lowest BCUT2D eigenvalue weighted by atomic mass is 10.1. The van der Waals surface area contributed by atoms with Crippen molar-refractivity contribution in [1.29, 1.82) is 0 Å². The third kappa shape index (κ3) is 4.20. The largest absolute Gasteiger partial charge is 0.493 e. The number of halogens is 2. The summed E-state index contributed by atoms with van der Waals surface area (Å²) in [4.78, 5) is 26.5. The smallest absolute Gasteiger partial charge is 0.255 e. The van der Waals surface area contributed by atoms with Crippen molar-refractivity contribution >= 4 is 40.7 Å². The zero-order valence-electron chi connectivity index (χ0n) is 14.7. The fourth-order valence-corrected chi connectivity index (χ4v) is 2.53. The van der Waals surface area contributed by atoms with E-state index in [1.807, 2.05) is 0 Å². The van der Waals surface area contributed by atoms with Crippen LogP contribution in [0.4, 0.5) is 5.69 Å². The number of ether oxygens (including phenoxy) is 2. The number of amides is 2. The van der Waals surface area contributed by atoms with Crippen LogP contribution >= 0.6 is 23.2 Å². The average Bonchev–Trinajstić information content (AvgIpc) is 2.62. The van der Waals surface area contributed by atoms with E-state index in [1.54, 1.807) is 14.1 Å². The van der Waals surface area contributed by atoms with Crippen LogP contribution in [0.3, 0.4) is 0 Å². The van der Waals surface area contributed by atoms with E-state index in [0.717, 1.165) is 0 Å². The molecule has 26 heavy (non-hydrogen) atoms. The summed E-state index contributed by atoms with van der Waals surface area (Å²) in [6, 6.07) is 7.57. The first-order chi connectivity index (χ1) is 12.3. The molecule has 2 aromatic rings. The highest BCUT2D eigenvalue weighted by Gasteiger charge is 2.20. The van der Waals surface area contributed by atoms with Gasteiger partial charge in [-0.3, -0.25) is 9.59 Å². The second-order valence-corrected chi connectivity index (χ2v) is 6.35. The minimum absolute atomic E-state index is 0.260. The molecule has 0 spiro atoms. The molecule has 0 atom stereocenters. The van der Waals surface area contributed by atoms with Crippen molar-refractivity contribution in [1.82, 2.24) is 4.90 Å². The Morgan fingerprint density at radius 1 is 0.962 bits per heavy atom. The zero-order valence-corrected chi connectivity index (χ0v) is 16.2. The number of carbonyl (C=O) groups excluding carboxylic acids is 2. The molecule has 0 saturated heterocycles. The Labute approximate surface area is 161 Å². The Bertz CT molecular complexity index is 853. The molecule has 0 radical (unpaired) electrons. The molecule has 0 aliphatic carbocycles. The van der Waals surface area contributed by atoms with Gasteiger partial charge in [0.25, 0.3) is 11.8 Å². The summed E-state index contributed by atoms with van der Waals surface area (Å²) in [5.41, 5.74) is 0.857. The number of nitrogens with one attached hydrogen (secondary N) is 1. The van der Waals surface area contributed by atoms with Gasteiger partial charge in [0.2, 0.25) is 0 Å². The molecule has 6 nitrogen and oxygen atoms in total. The molecule has 0 unspecified atom stereocenters. The fraction of sp³-hybridized carbons (Fsp3) is 0.222. The van der Waals surface area contributed by atoms with Gasteiger partial charge in [-0.15, -0.1) is 0 Å². The fourth-order valence-electron chi connectivity index (χ4n) is 2.23. The van der Waals surface area contributed by atoms with Crippen LogP contribution in [0.2, 0.25) is 10.0 Å². The van der Waals surface area contributed by atoms with Crippen LogP contribution in [-0.4, -0.2) is 45.0 Å². The van der Waals surface area contributed by atoms with Crippen LogP contribution in [0.1, 0.15) is 20.7 Å². The molecule has 0 aromatic heterocycles. The van der Waals surface area contributed by atoms with Crippen molar-refractivity contribution in [2.24, 2.45) is 0 Å². The molecule has 0 bridgehead atoms. The van der Waals surface area contributed by atoms with Crippen molar-refractivity contribution in [2.75, 3.05) is 33.6 Å². The van der Waals surface area contributed by atoms with E-state index >= 15 is 0 Å². The van der Waals surface area contributed by atoms with E-state index < -0.39 is 5.91 Å². The van der Waals surface area contributed by atoms with Crippen molar-refractivity contribution < 1.29 is 19.1 Å². The Morgan fingerprint density at radius 2 is 1.58 bits per heavy atom. The van der Waals surface area contributed by atoms with Crippen LogP contribution in [0.5, 0.6) is 11.5 Å². The standard InChI is InChI=1S/C18H18Cl2N2O4/c1-22(2)18(24)11-8-15(25-3)16(26-4)9-14(11)21-17(23)10-5-6-12(19)13(20)7-10/h5-9H,1-4H3,(H,21,23). The number of carbonyl (C=O) groups is 2. The predicted molar refractivity (Wildman–Crippen MR) is 102 cm³/mol. The van der Waals surface area contributed by atoms with Gasteiger partial charge in [-0.2, -0.15) is 0 Å². The van der Waals surface area contributed by atoms with Gasteiger partial charge in [-0.25, -0.2) is 0 Å². The van der Waals surface area contributed by atoms with Gasteiger partial charge in [0.1, 0.15) is 0 Å². The third-order valence-corrected chi connectivity index (χ3v) is 4.33. The van der Waals surface area contributed by atoms with E-state index in [9.17, 15) is 9.59 Å². The minimum Gasteiger partial charge on any atom is -0.493 e. The number of rotatable bonds is 5. The Morgan fingerprint density at radius 3 is 2.12 bits per heavy atom. The second kappa shape index (κ2) is 8.29. The van der Waals surface area contributed by atoms with Gasteiger partial charge in [0, 0.05) is 25.7 Å². The number of benzene rings is 2. The van der Waals surface area contributed by atoms with Crippen molar-refractivity contribution in [2.45, 2.75) is 0 Å². The monoisotopic (exact) mass is 396 g/mol. The van der Waals surface area contributed by atoms with Crippen LogP contribution in [0.15, 0.2) is 30.3 Å². The molecule has 0 heterocycles. The van der Waals surface area contributed by atoms with Gasteiger partial charge in [0.15, 0.2) is 11.5 Å². The molecule has 0 saturated carbocycles. The maximum absolute atomic E-state index is 12.6. The van der Waals surface area contributed by atoms with Crippen LogP contribution in [0, 0.1) is 0 Å². The van der Waals surface area contributed by atoms with Crippen LogP contribution in [0.25, 0.3) is 0 Å². The van der Waals surface area contributed by atoms with E-state index in [2.05, 4.69) is 5.32 Å². The summed E-state index contributed by atoms with van der Waals surface area (Å²) in [5, 5.41) is 3.32. The highest BCUT2D eigenvalue weighted by atomic mass is 35.5. The Kier molecular flexibility index (Phi) is 6.34. The molecule has 2 aromatic carbocycles. The van der Waals surface area contributed by atoms with E-state index in [0.29, 0.717) is 22.1 Å². The van der Waals surface area contributed by atoms with Crippen LogP contribution in [-0.2, 0) is 0 Å². The quantitative estimate of drug-likeness (QED) is 0.829. The van der Waals surface area contributed by atoms with E-state index in [1.165, 1.54) is 49.5 Å². The molecule has 8 heteroatoms. The third-order valence-electron chi connectivity index (χ3n) is 3.59. The molecule has 2 rings (SSSR count). The summed E-state index contributed by atoms with van der Waals surface area (Å²) in [6.45, 7) is 0. The molecule has 0 aliphatic rings. The molecule has 1 N–H and O–H groups in total. The lowest BCUT2D eigenvalue weighted by molar-refractivity contribution is 0.0828. The summed E-state index contributed by atoms with van der Waals surface area (Å²) >= 11 is 11.8. The zero-order chi connectivity index (χ0) is 19.4. The highest BCUT2D eigenvalue weighted by molar-refractivity contribution is 6.42. The number of hydrogen-bond acceptors (Lipinski definition) is 4. The predicted octanol–water partition coefficient (Wildman–Crippen LogP) is 3.96. The maximum atomic E-state index is 12.6. The SMILES string of the molecule is COc1cc(NC(=O)c2ccc(Cl)c(Cl)c2)c(C(=O)N(C)C)cc1OC. The first-order valence-electron chi connectivity index (χ1n) is 7.52. The van der Waals surface area contributed by atoms with Crippen LogP contribution < -0.4 is 14.8 Å². The lowest BCUT2D eigenvalue weighted by Crippen LogP contribution is -2.24. The Balaban J connectivity index is 2.47.